The number of nitrogens with zero attached hydrogens (tertiary/aromatic N) is 3. The van der Waals surface area contributed by atoms with Gasteiger partial charge in [-0.2, -0.15) is 4.98 Å². The van der Waals surface area contributed by atoms with Gasteiger partial charge in [0.05, 0.1) is 19.9 Å². The van der Waals surface area contributed by atoms with E-state index in [0.717, 1.165) is 5.56 Å². The number of anilines is 1. The molecule has 0 radical (unpaired) electrons. The maximum absolute atomic E-state index is 12.3. The topological polar surface area (TPSA) is 115 Å². The average molecular weight is 343 g/mol. The fourth-order valence-corrected chi connectivity index (χ4v) is 2.40. The predicted octanol–water partition coefficient (Wildman–Crippen LogP) is 2.35. The summed E-state index contributed by atoms with van der Waals surface area (Å²) in [6, 6.07) is 5.33. The molecule has 130 valence electrons. The fraction of sp³-hybridized carbons (Fsp3) is 0.250. The van der Waals surface area contributed by atoms with Gasteiger partial charge in [0.15, 0.2) is 17.3 Å². The SMILES string of the molecule is COc1ccc(-c2nc(NC(=O)c3c(C)noc3C)n[nH]2)cc1OC. The smallest absolute Gasteiger partial charge is 0.263 e. The van der Waals surface area contributed by atoms with Gasteiger partial charge in [-0.25, -0.2) is 0 Å². The molecule has 0 bridgehead atoms. The Labute approximate surface area is 143 Å². The Kier molecular flexibility index (Phi) is 4.38. The molecular weight excluding hydrogens is 326 g/mol. The van der Waals surface area contributed by atoms with Crippen molar-refractivity contribution in [1.82, 2.24) is 20.3 Å². The third-order valence-corrected chi connectivity index (χ3v) is 3.63. The van der Waals surface area contributed by atoms with Crippen LogP contribution < -0.4 is 14.8 Å². The van der Waals surface area contributed by atoms with Crippen LogP contribution in [0.5, 0.6) is 11.5 Å². The molecule has 0 spiro atoms. The van der Waals surface area contributed by atoms with E-state index in [-0.39, 0.29) is 11.9 Å². The van der Waals surface area contributed by atoms with Crippen LogP contribution in [0.2, 0.25) is 0 Å². The second kappa shape index (κ2) is 6.63. The number of aryl methyl sites for hydroxylation is 2. The molecule has 9 heteroatoms. The zero-order chi connectivity index (χ0) is 18.0. The number of nitrogens with one attached hydrogen (secondary N) is 2. The zero-order valence-electron chi connectivity index (χ0n) is 14.2. The molecular formula is C16H17N5O4. The van der Waals surface area contributed by atoms with E-state index in [2.05, 4.69) is 25.7 Å². The van der Waals surface area contributed by atoms with Crippen LogP contribution in [0.1, 0.15) is 21.8 Å². The maximum Gasteiger partial charge on any atom is 0.263 e. The number of methoxy groups -OCH3 is 2. The van der Waals surface area contributed by atoms with E-state index in [1.54, 1.807) is 40.2 Å². The standard InChI is InChI=1S/C16H17N5O4/c1-8-13(9(2)25-21-8)15(22)18-16-17-14(19-20-16)10-5-6-11(23-3)12(7-10)24-4/h5-7H,1-4H3,(H2,17,18,19,20,22). The molecule has 0 fully saturated rings. The molecule has 2 aromatic heterocycles. The lowest BCUT2D eigenvalue weighted by atomic mass is 10.2. The summed E-state index contributed by atoms with van der Waals surface area (Å²) in [4.78, 5) is 16.6. The molecule has 0 aliphatic carbocycles. The summed E-state index contributed by atoms with van der Waals surface area (Å²) >= 11 is 0. The molecule has 9 nitrogen and oxygen atoms in total. The van der Waals surface area contributed by atoms with E-state index in [4.69, 9.17) is 14.0 Å². The number of aromatic amines is 1. The summed E-state index contributed by atoms with van der Waals surface area (Å²) in [5.41, 5.74) is 1.62. The lowest BCUT2D eigenvalue weighted by Crippen LogP contribution is -2.14. The molecule has 2 N–H and O–H groups in total. The van der Waals surface area contributed by atoms with E-state index in [1.807, 2.05) is 6.07 Å². The van der Waals surface area contributed by atoms with Crippen molar-refractivity contribution in [1.29, 1.82) is 0 Å². The molecule has 0 saturated carbocycles. The van der Waals surface area contributed by atoms with Gasteiger partial charge in [0.1, 0.15) is 11.3 Å². The molecule has 2 heterocycles. The highest BCUT2D eigenvalue weighted by Gasteiger charge is 2.19. The van der Waals surface area contributed by atoms with Gasteiger partial charge >= 0.3 is 0 Å². The second-order valence-electron chi connectivity index (χ2n) is 5.23. The first kappa shape index (κ1) is 16.5. The fourth-order valence-electron chi connectivity index (χ4n) is 2.40. The number of aromatic nitrogens is 4. The quantitative estimate of drug-likeness (QED) is 0.730. The van der Waals surface area contributed by atoms with Crippen LogP contribution >= 0.6 is 0 Å². The first-order chi connectivity index (χ1) is 12.0. The van der Waals surface area contributed by atoms with Gasteiger partial charge < -0.3 is 14.0 Å². The van der Waals surface area contributed by atoms with E-state index >= 15 is 0 Å². The van der Waals surface area contributed by atoms with Crippen LogP contribution in [-0.2, 0) is 0 Å². The summed E-state index contributed by atoms with van der Waals surface area (Å²) in [5.74, 6) is 1.86. The van der Waals surface area contributed by atoms with E-state index < -0.39 is 0 Å². The molecule has 25 heavy (non-hydrogen) atoms. The summed E-state index contributed by atoms with van der Waals surface area (Å²) in [6.07, 6.45) is 0. The van der Waals surface area contributed by atoms with Crippen molar-refractivity contribution in [2.75, 3.05) is 19.5 Å². The molecule has 1 amide bonds. The Morgan fingerprint density at radius 1 is 1.20 bits per heavy atom. The summed E-state index contributed by atoms with van der Waals surface area (Å²) in [7, 11) is 3.12. The monoisotopic (exact) mass is 343 g/mol. The first-order valence-corrected chi connectivity index (χ1v) is 7.42. The molecule has 0 atom stereocenters. The van der Waals surface area contributed by atoms with Crippen LogP contribution in [0.4, 0.5) is 5.95 Å². The lowest BCUT2D eigenvalue weighted by Gasteiger charge is -2.07. The summed E-state index contributed by atoms with van der Waals surface area (Å²) in [6.45, 7) is 3.36. The molecule has 0 unspecified atom stereocenters. The minimum absolute atomic E-state index is 0.148. The van der Waals surface area contributed by atoms with Crippen molar-refractivity contribution in [2.24, 2.45) is 0 Å². The van der Waals surface area contributed by atoms with Crippen molar-refractivity contribution >= 4 is 11.9 Å². The number of hydrogen-bond acceptors (Lipinski definition) is 7. The lowest BCUT2D eigenvalue weighted by molar-refractivity contribution is 0.102. The van der Waals surface area contributed by atoms with Crippen molar-refractivity contribution in [2.45, 2.75) is 13.8 Å². The van der Waals surface area contributed by atoms with Gasteiger partial charge in [0, 0.05) is 5.56 Å². The number of ether oxygens (including phenoxy) is 2. The Morgan fingerprint density at radius 2 is 1.96 bits per heavy atom. The van der Waals surface area contributed by atoms with Crippen LogP contribution in [0, 0.1) is 13.8 Å². The summed E-state index contributed by atoms with van der Waals surface area (Å²) in [5, 5.41) is 13.2. The van der Waals surface area contributed by atoms with E-state index in [9.17, 15) is 4.79 Å². The van der Waals surface area contributed by atoms with Gasteiger partial charge in [-0.1, -0.05) is 5.16 Å². The van der Waals surface area contributed by atoms with Crippen molar-refractivity contribution in [3.63, 3.8) is 0 Å². The Balaban J connectivity index is 1.82. The normalized spacial score (nSPS) is 10.6. The largest absolute Gasteiger partial charge is 0.493 e. The Bertz CT molecular complexity index is 896. The molecule has 3 aromatic rings. The highest BCUT2D eigenvalue weighted by Crippen LogP contribution is 2.31. The second-order valence-corrected chi connectivity index (χ2v) is 5.23. The highest BCUT2D eigenvalue weighted by atomic mass is 16.5. The van der Waals surface area contributed by atoms with Gasteiger partial charge in [-0.3, -0.25) is 15.2 Å². The Hall–Kier alpha value is -3.36. The number of amides is 1. The minimum atomic E-state index is -0.380. The Morgan fingerprint density at radius 3 is 2.60 bits per heavy atom. The van der Waals surface area contributed by atoms with Crippen LogP contribution in [0.3, 0.4) is 0 Å². The molecule has 0 aliphatic rings. The number of hydrogen-bond donors (Lipinski definition) is 2. The number of H-pyrrole nitrogens is 1. The van der Waals surface area contributed by atoms with Gasteiger partial charge in [-0.15, -0.1) is 5.10 Å². The molecule has 0 saturated heterocycles. The molecule has 3 rings (SSSR count). The van der Waals surface area contributed by atoms with E-state index in [1.165, 1.54) is 0 Å². The first-order valence-electron chi connectivity index (χ1n) is 7.42. The van der Waals surface area contributed by atoms with Gasteiger partial charge in [-0.05, 0) is 32.0 Å². The van der Waals surface area contributed by atoms with Crippen molar-refractivity contribution in [3.8, 4) is 22.9 Å². The van der Waals surface area contributed by atoms with Crippen molar-refractivity contribution in [3.05, 3.63) is 35.2 Å². The third-order valence-electron chi connectivity index (χ3n) is 3.63. The average Bonchev–Trinajstić information content (AvgIpc) is 3.20. The maximum atomic E-state index is 12.3. The van der Waals surface area contributed by atoms with E-state index in [0.29, 0.717) is 34.3 Å². The number of benzene rings is 1. The number of rotatable bonds is 5. The van der Waals surface area contributed by atoms with Crippen LogP contribution in [0.15, 0.2) is 22.7 Å². The number of carbonyl (C=O) groups is 1. The van der Waals surface area contributed by atoms with Crippen molar-refractivity contribution < 1.29 is 18.8 Å². The zero-order valence-corrected chi connectivity index (χ0v) is 14.2. The number of carbonyl (C=O) groups excluding carboxylic acids is 1. The minimum Gasteiger partial charge on any atom is -0.493 e. The van der Waals surface area contributed by atoms with Crippen LogP contribution in [-0.4, -0.2) is 40.5 Å². The van der Waals surface area contributed by atoms with Crippen LogP contribution in [0.25, 0.3) is 11.4 Å². The molecule has 1 aromatic carbocycles. The molecule has 0 aliphatic heterocycles. The van der Waals surface area contributed by atoms with Gasteiger partial charge in [0.2, 0.25) is 5.95 Å². The summed E-state index contributed by atoms with van der Waals surface area (Å²) < 4.78 is 15.5. The van der Waals surface area contributed by atoms with Gasteiger partial charge in [0.25, 0.3) is 5.91 Å². The third kappa shape index (κ3) is 3.16. The highest BCUT2D eigenvalue weighted by molar-refractivity contribution is 6.04. The predicted molar refractivity (Wildman–Crippen MR) is 88.9 cm³/mol.